The number of benzene rings is 2. The van der Waals surface area contributed by atoms with Crippen molar-refractivity contribution < 1.29 is 13.5 Å². The first-order chi connectivity index (χ1) is 17.6. The first-order valence-electron chi connectivity index (χ1n) is 11.9. The van der Waals surface area contributed by atoms with E-state index in [1.807, 2.05) is 4.57 Å². The summed E-state index contributed by atoms with van der Waals surface area (Å²) in [7, 11) is 0. The molecular weight excluding hydrogens is 486 g/mol. The van der Waals surface area contributed by atoms with Crippen LogP contribution in [0, 0.1) is 11.6 Å². The van der Waals surface area contributed by atoms with Gasteiger partial charge in [0, 0.05) is 36.5 Å². The zero-order valence-electron chi connectivity index (χ0n) is 19.1. The molecule has 1 saturated carbocycles. The summed E-state index contributed by atoms with van der Waals surface area (Å²) in [6.07, 6.45) is 5.19. The van der Waals surface area contributed by atoms with E-state index in [2.05, 4.69) is 32.0 Å². The molecule has 182 valence electrons. The van der Waals surface area contributed by atoms with Gasteiger partial charge in [-0.3, -0.25) is 9.55 Å². The number of H-pyrrole nitrogens is 1. The normalized spacial score (nSPS) is 16.4. The number of pyridine rings is 1. The summed E-state index contributed by atoms with van der Waals surface area (Å²) in [4.78, 5) is 18.8. The van der Waals surface area contributed by atoms with Gasteiger partial charge in [-0.15, -0.1) is 0 Å². The summed E-state index contributed by atoms with van der Waals surface area (Å²) in [5.41, 5.74) is 4.65. The number of rotatable bonds is 4. The highest BCUT2D eigenvalue weighted by Gasteiger charge is 2.32. The molecular formula is C26H21ClF2N6O. The van der Waals surface area contributed by atoms with Crippen molar-refractivity contribution in [3.05, 3.63) is 65.5 Å². The zero-order valence-corrected chi connectivity index (χ0v) is 19.9. The topological polar surface area (TPSA) is 71.9 Å². The molecule has 2 fully saturated rings. The Hall–Kier alpha value is -3.56. The van der Waals surface area contributed by atoms with E-state index >= 15 is 4.39 Å². The first-order valence-corrected chi connectivity index (χ1v) is 12.3. The van der Waals surface area contributed by atoms with E-state index in [1.54, 1.807) is 12.3 Å². The number of halogens is 3. The van der Waals surface area contributed by atoms with Crippen molar-refractivity contribution in [1.29, 1.82) is 0 Å². The number of aromatic nitrogens is 5. The van der Waals surface area contributed by atoms with Gasteiger partial charge in [0.25, 0.3) is 0 Å². The number of nitrogens with one attached hydrogen (secondary N) is 1. The van der Waals surface area contributed by atoms with E-state index in [1.165, 1.54) is 6.20 Å². The third-order valence-corrected chi connectivity index (χ3v) is 7.13. The number of hydrogen-bond acceptors (Lipinski definition) is 5. The van der Waals surface area contributed by atoms with Gasteiger partial charge in [-0.25, -0.2) is 18.7 Å². The molecule has 4 heterocycles. The predicted octanol–water partition coefficient (Wildman–Crippen LogP) is 5.61. The van der Waals surface area contributed by atoms with Crippen molar-refractivity contribution in [2.24, 2.45) is 0 Å². The van der Waals surface area contributed by atoms with Crippen molar-refractivity contribution >= 4 is 39.2 Å². The Morgan fingerprint density at radius 2 is 1.81 bits per heavy atom. The van der Waals surface area contributed by atoms with Crippen molar-refractivity contribution in [3.8, 4) is 16.9 Å². The number of ether oxygens (including phenoxy) is 1. The van der Waals surface area contributed by atoms with Gasteiger partial charge in [-0.1, -0.05) is 0 Å². The largest absolute Gasteiger partial charge is 0.378 e. The number of aromatic amines is 1. The minimum Gasteiger partial charge on any atom is -0.378 e. The molecule has 0 atom stereocenters. The standard InChI is InChI=1S/C26H21ClF2N6O/c27-26-31-13-19(32-26)16-11-15(34-7-9-36-10-8-34)12-21-23(16)33-25(14-1-2-14)35(21)20-5-6-30-24-18(29)4-3-17(28)22(20)24/h3-6,11-14H,1-2,7-10H2,(H,31,32). The number of fused-ring (bicyclic) bond motifs is 2. The zero-order chi connectivity index (χ0) is 24.4. The molecule has 10 heteroatoms. The number of hydrogen-bond donors (Lipinski definition) is 1. The van der Waals surface area contributed by atoms with Gasteiger partial charge in [0.15, 0.2) is 5.28 Å². The Kier molecular flexibility index (Phi) is 4.97. The van der Waals surface area contributed by atoms with Crippen LogP contribution < -0.4 is 4.90 Å². The number of imidazole rings is 2. The highest BCUT2D eigenvalue weighted by atomic mass is 35.5. The minimum atomic E-state index is -0.563. The Morgan fingerprint density at radius 3 is 2.56 bits per heavy atom. The SMILES string of the molecule is Fc1ccc(F)c2c(-n3c(C4CC4)nc4c(-c5cnc(Cl)[nH]5)cc(N5CCOCC5)cc43)ccnc12. The summed E-state index contributed by atoms with van der Waals surface area (Å²) in [5.74, 6) is -0.0233. The second-order valence-electron chi connectivity index (χ2n) is 9.21. The maximum absolute atomic E-state index is 15.2. The lowest BCUT2D eigenvalue weighted by atomic mass is 10.1. The van der Waals surface area contributed by atoms with Crippen LogP contribution in [0.5, 0.6) is 0 Å². The second kappa shape index (κ2) is 8.25. The van der Waals surface area contributed by atoms with Gasteiger partial charge < -0.3 is 14.6 Å². The lowest BCUT2D eigenvalue weighted by molar-refractivity contribution is 0.122. The first kappa shape index (κ1) is 21.7. The molecule has 7 rings (SSSR count). The molecule has 7 nitrogen and oxygen atoms in total. The van der Waals surface area contributed by atoms with Crippen LogP contribution in [0.4, 0.5) is 14.5 Å². The molecule has 1 N–H and O–H groups in total. The molecule has 0 amide bonds. The maximum Gasteiger partial charge on any atom is 0.200 e. The fraction of sp³-hybridized carbons (Fsp3) is 0.269. The third kappa shape index (κ3) is 3.45. The fourth-order valence-corrected chi connectivity index (χ4v) is 5.21. The Balaban J connectivity index is 1.57. The molecule has 0 unspecified atom stereocenters. The average molecular weight is 507 g/mol. The van der Waals surface area contributed by atoms with Crippen molar-refractivity contribution in [1.82, 2.24) is 24.5 Å². The van der Waals surface area contributed by atoms with Gasteiger partial charge in [0.2, 0.25) is 0 Å². The highest BCUT2D eigenvalue weighted by molar-refractivity contribution is 6.28. The molecule has 1 saturated heterocycles. The molecule has 0 radical (unpaired) electrons. The Labute approximate surface area is 209 Å². The monoisotopic (exact) mass is 506 g/mol. The van der Waals surface area contributed by atoms with Gasteiger partial charge in [0.1, 0.15) is 23.0 Å². The summed E-state index contributed by atoms with van der Waals surface area (Å²) in [6.45, 7) is 2.76. The summed E-state index contributed by atoms with van der Waals surface area (Å²) in [5, 5.41) is 0.427. The van der Waals surface area contributed by atoms with Crippen LogP contribution in [0.15, 0.2) is 42.7 Å². The molecule has 1 aliphatic carbocycles. The molecule has 36 heavy (non-hydrogen) atoms. The van der Waals surface area contributed by atoms with E-state index in [0.29, 0.717) is 18.9 Å². The van der Waals surface area contributed by atoms with Crippen molar-refractivity contribution in [3.63, 3.8) is 0 Å². The predicted molar refractivity (Wildman–Crippen MR) is 134 cm³/mol. The van der Waals surface area contributed by atoms with Gasteiger partial charge in [-0.2, -0.15) is 0 Å². The molecule has 5 aromatic rings. The molecule has 2 aliphatic rings. The molecule has 0 spiro atoms. The third-order valence-electron chi connectivity index (χ3n) is 6.94. The van der Waals surface area contributed by atoms with Crippen LogP contribution in [0.2, 0.25) is 5.28 Å². The van der Waals surface area contributed by atoms with Gasteiger partial charge in [0.05, 0.1) is 47.2 Å². The Bertz CT molecular complexity index is 1640. The van der Waals surface area contributed by atoms with Crippen LogP contribution in [0.25, 0.3) is 38.9 Å². The number of nitrogens with zero attached hydrogens (tertiary/aromatic N) is 5. The highest BCUT2D eigenvalue weighted by Crippen LogP contribution is 2.45. The number of morpholine rings is 1. The number of anilines is 1. The quantitative estimate of drug-likeness (QED) is 0.343. The van der Waals surface area contributed by atoms with Crippen LogP contribution in [-0.2, 0) is 4.74 Å². The van der Waals surface area contributed by atoms with Crippen molar-refractivity contribution in [2.75, 3.05) is 31.2 Å². The maximum atomic E-state index is 15.2. The van der Waals surface area contributed by atoms with Crippen molar-refractivity contribution in [2.45, 2.75) is 18.8 Å². The van der Waals surface area contributed by atoms with E-state index in [0.717, 1.165) is 71.9 Å². The lowest BCUT2D eigenvalue weighted by Crippen LogP contribution is -2.36. The smallest absolute Gasteiger partial charge is 0.200 e. The van der Waals surface area contributed by atoms with E-state index < -0.39 is 11.6 Å². The molecule has 3 aromatic heterocycles. The molecule has 1 aliphatic heterocycles. The van der Waals surface area contributed by atoms with Crippen LogP contribution >= 0.6 is 11.6 Å². The van der Waals surface area contributed by atoms with Gasteiger partial charge >= 0.3 is 0 Å². The lowest BCUT2D eigenvalue weighted by Gasteiger charge is -2.29. The average Bonchev–Trinajstić information content (AvgIpc) is 3.55. The van der Waals surface area contributed by atoms with E-state index in [-0.39, 0.29) is 22.1 Å². The fourth-order valence-electron chi connectivity index (χ4n) is 5.06. The second-order valence-corrected chi connectivity index (χ2v) is 9.57. The van der Waals surface area contributed by atoms with Gasteiger partial charge in [-0.05, 0) is 54.8 Å². The molecule has 0 bridgehead atoms. The van der Waals surface area contributed by atoms with Crippen LogP contribution in [0.3, 0.4) is 0 Å². The van der Waals surface area contributed by atoms with Crippen LogP contribution in [0.1, 0.15) is 24.6 Å². The van der Waals surface area contributed by atoms with E-state index in [4.69, 9.17) is 21.3 Å². The minimum absolute atomic E-state index is 0.000930. The molecule has 2 aromatic carbocycles. The summed E-state index contributed by atoms with van der Waals surface area (Å²) >= 11 is 6.14. The Morgan fingerprint density at radius 1 is 1.00 bits per heavy atom. The summed E-state index contributed by atoms with van der Waals surface area (Å²) < 4.78 is 37.4. The summed E-state index contributed by atoms with van der Waals surface area (Å²) in [6, 6.07) is 8.14. The van der Waals surface area contributed by atoms with Crippen LogP contribution in [-0.4, -0.2) is 50.8 Å². The van der Waals surface area contributed by atoms with E-state index in [9.17, 15) is 4.39 Å².